The molecule has 0 spiro atoms. The van der Waals surface area contributed by atoms with Crippen LogP contribution in [0.4, 0.5) is 0 Å². The Morgan fingerprint density at radius 3 is 2.07 bits per heavy atom. The van der Waals surface area contributed by atoms with E-state index in [4.69, 9.17) is 0 Å². The molecule has 4 rings (SSSR count). The van der Waals surface area contributed by atoms with E-state index in [1.54, 1.807) is 0 Å². The number of amides is 1. The molecule has 4 aromatic rings. The van der Waals surface area contributed by atoms with Crippen LogP contribution in [-0.2, 0) is 19.6 Å². The van der Waals surface area contributed by atoms with E-state index in [1.165, 1.54) is 0 Å². The largest absolute Gasteiger partial charge is 0.330 e. The first-order chi connectivity index (χ1) is 13.7. The summed E-state index contributed by atoms with van der Waals surface area (Å²) in [5.41, 5.74) is 4.51. The van der Waals surface area contributed by atoms with Crippen LogP contribution >= 0.6 is 0 Å². The highest BCUT2D eigenvalue weighted by Gasteiger charge is 2.18. The molecule has 0 bridgehead atoms. The Bertz CT molecular complexity index is 1030. The van der Waals surface area contributed by atoms with Crippen molar-refractivity contribution in [2.45, 2.75) is 26.6 Å². The zero-order valence-electron chi connectivity index (χ0n) is 15.8. The molecule has 28 heavy (non-hydrogen) atoms. The van der Waals surface area contributed by atoms with Gasteiger partial charge in [0.1, 0.15) is 5.52 Å². The summed E-state index contributed by atoms with van der Waals surface area (Å²) < 4.78 is 1.83. The van der Waals surface area contributed by atoms with E-state index in [2.05, 4.69) is 10.3 Å². The number of fused-ring (bicyclic) bond motifs is 1. The summed E-state index contributed by atoms with van der Waals surface area (Å²) in [4.78, 5) is 15.2. The predicted molar refractivity (Wildman–Crippen MR) is 110 cm³/mol. The van der Waals surface area contributed by atoms with Crippen molar-refractivity contribution < 1.29 is 4.79 Å². The van der Waals surface area contributed by atoms with Crippen molar-refractivity contribution in [1.82, 2.24) is 19.9 Å². The molecule has 0 fully saturated rings. The maximum absolute atomic E-state index is 13.3. The lowest BCUT2D eigenvalue weighted by atomic mass is 10.1. The molecule has 5 nitrogen and oxygen atoms in total. The second-order valence-corrected chi connectivity index (χ2v) is 6.74. The molecule has 0 aliphatic rings. The van der Waals surface area contributed by atoms with Crippen LogP contribution < -0.4 is 0 Å². The zero-order chi connectivity index (χ0) is 19.3. The van der Waals surface area contributed by atoms with Crippen molar-refractivity contribution in [2.24, 2.45) is 0 Å². The van der Waals surface area contributed by atoms with Gasteiger partial charge in [-0.15, -0.1) is 5.10 Å². The third kappa shape index (κ3) is 3.78. The summed E-state index contributed by atoms with van der Waals surface area (Å²) in [6, 6.07) is 25.7. The van der Waals surface area contributed by atoms with Gasteiger partial charge in [-0.3, -0.25) is 4.79 Å². The van der Waals surface area contributed by atoms with Crippen molar-refractivity contribution in [3.05, 3.63) is 95.6 Å². The molecule has 140 valence electrons. The lowest BCUT2D eigenvalue weighted by Crippen LogP contribution is -2.30. The Morgan fingerprint density at radius 1 is 0.893 bits per heavy atom. The minimum absolute atomic E-state index is 0.0133. The molecule has 0 saturated carbocycles. The summed E-state index contributed by atoms with van der Waals surface area (Å²) in [7, 11) is 0. The Labute approximate surface area is 164 Å². The van der Waals surface area contributed by atoms with Gasteiger partial charge in [-0.2, -0.15) is 0 Å². The molecule has 0 saturated heterocycles. The van der Waals surface area contributed by atoms with E-state index in [-0.39, 0.29) is 5.91 Å². The molecule has 3 aromatic carbocycles. The SMILES string of the molecule is CCn1nnc2cc(C(=O)N(Cc3ccccc3)Cc3ccccc3)ccc21. The number of hydrogen-bond acceptors (Lipinski definition) is 3. The van der Waals surface area contributed by atoms with Gasteiger partial charge in [0.2, 0.25) is 0 Å². The molecule has 0 N–H and O–H groups in total. The van der Waals surface area contributed by atoms with Crippen LogP contribution in [0.25, 0.3) is 11.0 Å². The van der Waals surface area contributed by atoms with Crippen molar-refractivity contribution in [3.63, 3.8) is 0 Å². The smallest absolute Gasteiger partial charge is 0.254 e. The van der Waals surface area contributed by atoms with Crippen LogP contribution in [0, 0.1) is 0 Å². The van der Waals surface area contributed by atoms with E-state index in [0.717, 1.165) is 28.7 Å². The number of rotatable bonds is 6. The van der Waals surface area contributed by atoms with E-state index in [0.29, 0.717) is 18.7 Å². The van der Waals surface area contributed by atoms with Gasteiger partial charge in [0.15, 0.2) is 0 Å². The number of aryl methyl sites for hydroxylation is 1. The molecule has 1 heterocycles. The van der Waals surface area contributed by atoms with E-state index < -0.39 is 0 Å². The summed E-state index contributed by atoms with van der Waals surface area (Å²) in [6.07, 6.45) is 0. The van der Waals surface area contributed by atoms with Gasteiger partial charge in [0, 0.05) is 25.2 Å². The normalized spacial score (nSPS) is 10.9. The monoisotopic (exact) mass is 370 g/mol. The molecule has 1 amide bonds. The van der Waals surface area contributed by atoms with Crippen molar-refractivity contribution in [3.8, 4) is 0 Å². The minimum atomic E-state index is -0.0133. The zero-order valence-corrected chi connectivity index (χ0v) is 15.8. The van der Waals surface area contributed by atoms with E-state index in [1.807, 2.05) is 95.4 Å². The summed E-state index contributed by atoms with van der Waals surface area (Å²) in [5, 5.41) is 8.34. The third-order valence-corrected chi connectivity index (χ3v) is 4.78. The highest BCUT2D eigenvalue weighted by atomic mass is 16.2. The fourth-order valence-corrected chi connectivity index (χ4v) is 3.33. The van der Waals surface area contributed by atoms with Gasteiger partial charge in [0.25, 0.3) is 5.91 Å². The number of aromatic nitrogens is 3. The van der Waals surface area contributed by atoms with Crippen molar-refractivity contribution >= 4 is 16.9 Å². The van der Waals surface area contributed by atoms with Crippen LogP contribution in [0.1, 0.15) is 28.4 Å². The van der Waals surface area contributed by atoms with Crippen molar-refractivity contribution in [1.29, 1.82) is 0 Å². The first kappa shape index (κ1) is 17.9. The molecule has 0 aliphatic heterocycles. The molecule has 0 radical (unpaired) electrons. The maximum Gasteiger partial charge on any atom is 0.254 e. The van der Waals surface area contributed by atoms with Crippen LogP contribution in [0.2, 0.25) is 0 Å². The van der Waals surface area contributed by atoms with E-state index in [9.17, 15) is 4.79 Å². The molecule has 0 atom stereocenters. The van der Waals surface area contributed by atoms with Crippen LogP contribution in [-0.4, -0.2) is 25.8 Å². The second kappa shape index (κ2) is 8.05. The Balaban J connectivity index is 1.65. The average molecular weight is 370 g/mol. The molecular weight excluding hydrogens is 348 g/mol. The van der Waals surface area contributed by atoms with E-state index >= 15 is 0 Å². The summed E-state index contributed by atoms with van der Waals surface area (Å²) in [6.45, 7) is 3.87. The van der Waals surface area contributed by atoms with Gasteiger partial charge in [-0.05, 0) is 36.2 Å². The Kier molecular flexibility index (Phi) is 5.15. The standard InChI is InChI=1S/C23H22N4O/c1-2-27-22-14-13-20(15-21(22)24-25-27)23(28)26(16-18-9-5-3-6-10-18)17-19-11-7-4-8-12-19/h3-15H,2,16-17H2,1H3. The van der Waals surface area contributed by atoms with Gasteiger partial charge in [0.05, 0.1) is 5.52 Å². The second-order valence-electron chi connectivity index (χ2n) is 6.74. The predicted octanol–water partition coefficient (Wildman–Crippen LogP) is 4.29. The molecular formula is C23H22N4O. The average Bonchev–Trinajstić information content (AvgIpc) is 3.16. The van der Waals surface area contributed by atoms with Gasteiger partial charge in [-0.25, -0.2) is 4.68 Å². The highest BCUT2D eigenvalue weighted by Crippen LogP contribution is 2.18. The number of carbonyl (C=O) groups excluding carboxylic acids is 1. The van der Waals surface area contributed by atoms with Crippen LogP contribution in [0.5, 0.6) is 0 Å². The number of carbonyl (C=O) groups is 1. The van der Waals surface area contributed by atoms with Crippen LogP contribution in [0.15, 0.2) is 78.9 Å². The molecule has 0 unspecified atom stereocenters. The van der Waals surface area contributed by atoms with Gasteiger partial charge >= 0.3 is 0 Å². The lowest BCUT2D eigenvalue weighted by Gasteiger charge is -2.23. The topological polar surface area (TPSA) is 51.0 Å². The third-order valence-electron chi connectivity index (χ3n) is 4.78. The highest BCUT2D eigenvalue weighted by molar-refractivity contribution is 5.97. The number of nitrogens with zero attached hydrogens (tertiary/aromatic N) is 4. The first-order valence-corrected chi connectivity index (χ1v) is 9.45. The fraction of sp³-hybridized carbons (Fsp3) is 0.174. The molecule has 0 aliphatic carbocycles. The van der Waals surface area contributed by atoms with Crippen molar-refractivity contribution in [2.75, 3.05) is 0 Å². The molecule has 1 aromatic heterocycles. The Morgan fingerprint density at radius 2 is 1.50 bits per heavy atom. The quantitative estimate of drug-likeness (QED) is 0.509. The fourth-order valence-electron chi connectivity index (χ4n) is 3.33. The van der Waals surface area contributed by atoms with Gasteiger partial charge in [-0.1, -0.05) is 65.9 Å². The number of hydrogen-bond donors (Lipinski definition) is 0. The molecule has 5 heteroatoms. The lowest BCUT2D eigenvalue weighted by molar-refractivity contribution is 0.0730. The maximum atomic E-state index is 13.3. The Hall–Kier alpha value is -3.47. The minimum Gasteiger partial charge on any atom is -0.330 e. The summed E-state index contributed by atoms with van der Waals surface area (Å²) >= 11 is 0. The summed E-state index contributed by atoms with van der Waals surface area (Å²) in [5.74, 6) is -0.0133. The van der Waals surface area contributed by atoms with Crippen LogP contribution in [0.3, 0.4) is 0 Å². The number of benzene rings is 3. The first-order valence-electron chi connectivity index (χ1n) is 9.45. The van der Waals surface area contributed by atoms with Gasteiger partial charge < -0.3 is 4.90 Å².